The van der Waals surface area contributed by atoms with Crippen molar-refractivity contribution >= 4 is 23.2 Å². The number of benzene rings is 2. The summed E-state index contributed by atoms with van der Waals surface area (Å²) in [6, 6.07) is 13.1. The highest BCUT2D eigenvalue weighted by Crippen LogP contribution is 2.46. The van der Waals surface area contributed by atoms with Gasteiger partial charge in [-0.1, -0.05) is 41.9 Å². The van der Waals surface area contributed by atoms with E-state index in [0.717, 1.165) is 16.8 Å². The lowest BCUT2D eigenvalue weighted by Gasteiger charge is -2.22. The Morgan fingerprint density at radius 3 is 2.68 bits per heavy atom. The van der Waals surface area contributed by atoms with Crippen LogP contribution in [0.25, 0.3) is 0 Å². The second-order valence-corrected chi connectivity index (χ2v) is 6.43. The monoisotopic (exact) mass is 359 g/mol. The van der Waals surface area contributed by atoms with Crippen molar-refractivity contribution in [2.45, 2.75) is 12.7 Å². The molecule has 1 fully saturated rings. The molecule has 1 spiro atoms. The summed E-state index contributed by atoms with van der Waals surface area (Å²) < 4.78 is 17.2. The number of nitrogens with zero attached hydrogens (tertiary/aromatic N) is 1. The fourth-order valence-corrected chi connectivity index (χ4v) is 3.58. The summed E-state index contributed by atoms with van der Waals surface area (Å²) >= 11 is 6.11. The minimum absolute atomic E-state index is 0.197. The highest BCUT2D eigenvalue weighted by molar-refractivity contribution is 6.32. The molecule has 2 aromatic carbocycles. The second kappa shape index (κ2) is 6.33. The molecule has 5 nitrogen and oxygen atoms in total. The van der Waals surface area contributed by atoms with Gasteiger partial charge in [-0.25, -0.2) is 0 Å². The summed E-state index contributed by atoms with van der Waals surface area (Å²) in [7, 11) is 0. The number of fused-ring (bicyclic) bond motifs is 2. The summed E-state index contributed by atoms with van der Waals surface area (Å²) in [6.45, 7) is 3.49. The number of amides is 1. The first kappa shape index (κ1) is 16.4. The van der Waals surface area contributed by atoms with Crippen LogP contribution in [-0.4, -0.2) is 32.3 Å². The predicted molar refractivity (Wildman–Crippen MR) is 94.1 cm³/mol. The standard InChI is InChI=1S/C19H18ClNO4/c1-13-5-4-6-14-17(13)21(18(22)19(14)24-11-12-25-19)9-10-23-16-8-3-2-7-15(16)20/h2-8H,9-12H2,1H3. The van der Waals surface area contributed by atoms with E-state index in [1.54, 1.807) is 17.0 Å². The third-order valence-electron chi connectivity index (χ3n) is 4.49. The zero-order valence-corrected chi connectivity index (χ0v) is 14.6. The molecule has 0 unspecified atom stereocenters. The third-order valence-corrected chi connectivity index (χ3v) is 4.80. The van der Waals surface area contributed by atoms with Crippen LogP contribution in [0.5, 0.6) is 5.75 Å². The SMILES string of the molecule is Cc1cccc2c1N(CCOc1ccccc1Cl)C(=O)C21OCCO1. The van der Waals surface area contributed by atoms with Crippen molar-refractivity contribution in [1.82, 2.24) is 0 Å². The Morgan fingerprint density at radius 1 is 1.16 bits per heavy atom. The fourth-order valence-electron chi connectivity index (χ4n) is 3.39. The van der Waals surface area contributed by atoms with Gasteiger partial charge in [0.25, 0.3) is 11.7 Å². The molecule has 2 aromatic rings. The van der Waals surface area contributed by atoms with Gasteiger partial charge in [-0.15, -0.1) is 0 Å². The lowest BCUT2D eigenvalue weighted by atomic mass is 10.0. The maximum absolute atomic E-state index is 13.0. The molecule has 0 atom stereocenters. The van der Waals surface area contributed by atoms with Crippen LogP contribution in [-0.2, 0) is 20.1 Å². The summed E-state index contributed by atoms with van der Waals surface area (Å²) in [6.07, 6.45) is 0. The molecule has 0 N–H and O–H groups in total. The number of anilines is 1. The molecule has 1 saturated heterocycles. The maximum Gasteiger partial charge on any atom is 0.292 e. The number of hydrogen-bond acceptors (Lipinski definition) is 4. The summed E-state index contributed by atoms with van der Waals surface area (Å²) in [5, 5.41) is 0.547. The molecule has 0 bridgehead atoms. The van der Waals surface area contributed by atoms with Gasteiger partial charge >= 0.3 is 0 Å². The molecule has 0 saturated carbocycles. The van der Waals surface area contributed by atoms with E-state index in [1.807, 2.05) is 37.3 Å². The van der Waals surface area contributed by atoms with Crippen molar-refractivity contribution in [3.8, 4) is 5.75 Å². The fraction of sp³-hybridized carbons (Fsp3) is 0.316. The molecule has 2 aliphatic heterocycles. The maximum atomic E-state index is 13.0. The molecule has 25 heavy (non-hydrogen) atoms. The van der Waals surface area contributed by atoms with Gasteiger partial charge in [0.05, 0.1) is 30.5 Å². The van der Waals surface area contributed by atoms with Crippen LogP contribution in [0.3, 0.4) is 0 Å². The van der Waals surface area contributed by atoms with Crippen molar-refractivity contribution in [3.63, 3.8) is 0 Å². The first-order valence-corrected chi connectivity index (χ1v) is 8.58. The van der Waals surface area contributed by atoms with Gasteiger partial charge in [-0.3, -0.25) is 4.79 Å². The highest BCUT2D eigenvalue weighted by atomic mass is 35.5. The number of carbonyl (C=O) groups excluding carboxylic acids is 1. The molecule has 6 heteroatoms. The molecule has 1 amide bonds. The van der Waals surface area contributed by atoms with E-state index in [-0.39, 0.29) is 5.91 Å². The summed E-state index contributed by atoms with van der Waals surface area (Å²) in [5.41, 5.74) is 2.62. The van der Waals surface area contributed by atoms with Crippen LogP contribution in [0.4, 0.5) is 5.69 Å². The van der Waals surface area contributed by atoms with Gasteiger partial charge in [0.1, 0.15) is 12.4 Å². The Kier molecular flexibility index (Phi) is 4.15. The number of ether oxygens (including phenoxy) is 3. The first-order chi connectivity index (χ1) is 12.1. The number of carbonyl (C=O) groups is 1. The van der Waals surface area contributed by atoms with Crippen molar-refractivity contribution in [2.24, 2.45) is 0 Å². The van der Waals surface area contributed by atoms with Crippen molar-refractivity contribution in [2.75, 3.05) is 31.3 Å². The zero-order chi connectivity index (χ0) is 17.4. The van der Waals surface area contributed by atoms with Gasteiger partial charge in [0.2, 0.25) is 0 Å². The van der Waals surface area contributed by atoms with Gasteiger partial charge in [-0.2, -0.15) is 0 Å². The molecule has 0 aromatic heterocycles. The van der Waals surface area contributed by atoms with E-state index in [1.165, 1.54) is 0 Å². The van der Waals surface area contributed by atoms with E-state index in [0.29, 0.717) is 37.1 Å². The van der Waals surface area contributed by atoms with E-state index in [4.69, 9.17) is 25.8 Å². The minimum atomic E-state index is -1.30. The predicted octanol–water partition coefficient (Wildman–Crippen LogP) is 3.27. The van der Waals surface area contributed by atoms with Gasteiger partial charge < -0.3 is 19.1 Å². The minimum Gasteiger partial charge on any atom is -0.490 e. The quantitative estimate of drug-likeness (QED) is 0.840. The Morgan fingerprint density at radius 2 is 1.92 bits per heavy atom. The van der Waals surface area contributed by atoms with Crippen LogP contribution in [0.1, 0.15) is 11.1 Å². The molecule has 2 heterocycles. The van der Waals surface area contributed by atoms with E-state index >= 15 is 0 Å². The normalized spacial score (nSPS) is 18.0. The van der Waals surface area contributed by atoms with E-state index in [9.17, 15) is 4.79 Å². The molecule has 0 aliphatic carbocycles. The molecule has 4 rings (SSSR count). The van der Waals surface area contributed by atoms with Crippen molar-refractivity contribution < 1.29 is 19.0 Å². The number of rotatable bonds is 4. The van der Waals surface area contributed by atoms with Crippen LogP contribution >= 0.6 is 11.6 Å². The average Bonchev–Trinajstić information content (AvgIpc) is 3.18. The van der Waals surface area contributed by atoms with Gasteiger partial charge in [0.15, 0.2) is 0 Å². The van der Waals surface area contributed by atoms with Crippen LogP contribution < -0.4 is 9.64 Å². The topological polar surface area (TPSA) is 48.0 Å². The number of halogens is 1. The molecular weight excluding hydrogens is 342 g/mol. The molecule has 2 aliphatic rings. The third kappa shape index (κ3) is 2.59. The summed E-state index contributed by atoms with van der Waals surface area (Å²) in [4.78, 5) is 14.7. The van der Waals surface area contributed by atoms with Gasteiger partial charge in [0, 0.05) is 5.56 Å². The van der Waals surface area contributed by atoms with Crippen molar-refractivity contribution in [3.05, 3.63) is 58.6 Å². The number of aryl methyl sites for hydroxylation is 1. The van der Waals surface area contributed by atoms with Crippen LogP contribution in [0, 0.1) is 6.92 Å². The largest absolute Gasteiger partial charge is 0.490 e. The number of para-hydroxylation sites is 2. The second-order valence-electron chi connectivity index (χ2n) is 6.02. The Hall–Kier alpha value is -2.08. The van der Waals surface area contributed by atoms with E-state index in [2.05, 4.69) is 0 Å². The van der Waals surface area contributed by atoms with Crippen molar-refractivity contribution in [1.29, 1.82) is 0 Å². The molecule has 130 valence electrons. The Bertz CT molecular complexity index is 817. The Balaban J connectivity index is 1.58. The molecular formula is C19H18ClNO4. The molecule has 0 radical (unpaired) electrons. The summed E-state index contributed by atoms with van der Waals surface area (Å²) in [5.74, 6) is -0.896. The zero-order valence-electron chi connectivity index (χ0n) is 13.8. The lowest BCUT2D eigenvalue weighted by molar-refractivity contribution is -0.180. The Labute approximate surface area is 151 Å². The van der Waals surface area contributed by atoms with E-state index < -0.39 is 5.79 Å². The average molecular weight is 360 g/mol. The smallest absolute Gasteiger partial charge is 0.292 e. The lowest BCUT2D eigenvalue weighted by Crippen LogP contribution is -2.42. The highest BCUT2D eigenvalue weighted by Gasteiger charge is 2.56. The van der Waals surface area contributed by atoms with Crippen LogP contribution in [0.2, 0.25) is 5.02 Å². The first-order valence-electron chi connectivity index (χ1n) is 8.21. The number of hydrogen-bond donors (Lipinski definition) is 0. The van der Waals surface area contributed by atoms with Crippen LogP contribution in [0.15, 0.2) is 42.5 Å². The van der Waals surface area contributed by atoms with Gasteiger partial charge in [-0.05, 0) is 24.6 Å².